The van der Waals surface area contributed by atoms with Crippen LogP contribution >= 0.6 is 44.1 Å². The van der Waals surface area contributed by atoms with Crippen molar-refractivity contribution in [2.75, 3.05) is 12.4 Å². The van der Waals surface area contributed by atoms with Crippen molar-refractivity contribution in [3.05, 3.63) is 80.2 Å². The number of oxazole rings is 1. The summed E-state index contributed by atoms with van der Waals surface area (Å²) in [5.74, 6) is 0.801. The van der Waals surface area contributed by atoms with E-state index in [9.17, 15) is 4.79 Å². The molecule has 1 amide bonds. The SMILES string of the molecule is COc1c(Br)cc(Br)cc1C=CC(=O)NC(=S)Nc1ccc2oc(-c3ccc(C)c(C)c3)nc2c1. The second-order valence-electron chi connectivity index (χ2n) is 7.79. The molecule has 0 unspecified atom stereocenters. The monoisotopic (exact) mass is 613 g/mol. The molecule has 2 N–H and O–H groups in total. The number of fused-ring (bicyclic) bond motifs is 1. The summed E-state index contributed by atoms with van der Waals surface area (Å²) in [6, 6.07) is 15.3. The number of rotatable bonds is 5. The molecule has 0 aliphatic heterocycles. The van der Waals surface area contributed by atoms with E-state index in [0.29, 0.717) is 28.4 Å². The molecule has 35 heavy (non-hydrogen) atoms. The molecule has 0 saturated carbocycles. The number of aromatic nitrogens is 1. The highest BCUT2D eigenvalue weighted by molar-refractivity contribution is 9.11. The normalized spacial score (nSPS) is 11.1. The molecule has 1 aromatic heterocycles. The van der Waals surface area contributed by atoms with Gasteiger partial charge in [0.1, 0.15) is 11.3 Å². The van der Waals surface area contributed by atoms with E-state index in [-0.39, 0.29) is 11.0 Å². The van der Waals surface area contributed by atoms with Gasteiger partial charge in [0, 0.05) is 27.4 Å². The first-order chi connectivity index (χ1) is 16.7. The fraction of sp³-hybridized carbons (Fsp3) is 0.115. The number of thiocarbonyl (C=S) groups is 1. The molecule has 0 saturated heterocycles. The molecule has 0 aliphatic carbocycles. The predicted molar refractivity (Wildman–Crippen MR) is 151 cm³/mol. The third-order valence-corrected chi connectivity index (χ3v) is 6.54. The van der Waals surface area contributed by atoms with Crippen LogP contribution in [0, 0.1) is 13.8 Å². The summed E-state index contributed by atoms with van der Waals surface area (Å²) in [5, 5.41) is 5.82. The van der Waals surface area contributed by atoms with Gasteiger partial charge >= 0.3 is 0 Å². The van der Waals surface area contributed by atoms with Crippen molar-refractivity contribution in [2.24, 2.45) is 0 Å². The number of amides is 1. The minimum Gasteiger partial charge on any atom is -0.495 e. The standard InChI is InChI=1S/C26H21Br2N3O3S/c1-14-4-5-17(10-15(14)2)25-30-21-13-19(7-8-22(21)34-25)29-26(35)31-23(32)9-6-16-11-18(27)12-20(28)24(16)33-3/h4-13H,1-3H3,(H2,29,31,32,35). The number of benzene rings is 3. The highest BCUT2D eigenvalue weighted by Crippen LogP contribution is 2.33. The Morgan fingerprint density at radius 1 is 1.09 bits per heavy atom. The minimum absolute atomic E-state index is 0.166. The van der Waals surface area contributed by atoms with Crippen LogP contribution in [0.5, 0.6) is 5.75 Å². The summed E-state index contributed by atoms with van der Waals surface area (Å²) in [7, 11) is 1.57. The largest absolute Gasteiger partial charge is 0.495 e. The number of hydrogen-bond acceptors (Lipinski definition) is 5. The average molecular weight is 615 g/mol. The van der Waals surface area contributed by atoms with E-state index in [2.05, 4.69) is 67.4 Å². The van der Waals surface area contributed by atoms with E-state index in [1.54, 1.807) is 13.2 Å². The van der Waals surface area contributed by atoms with Crippen molar-refractivity contribution in [1.82, 2.24) is 10.3 Å². The zero-order chi connectivity index (χ0) is 25.1. The van der Waals surface area contributed by atoms with Crippen LogP contribution in [0.15, 0.2) is 68.0 Å². The number of anilines is 1. The fourth-order valence-corrected chi connectivity index (χ4v) is 5.04. The van der Waals surface area contributed by atoms with Gasteiger partial charge in [0.25, 0.3) is 0 Å². The Balaban J connectivity index is 1.43. The van der Waals surface area contributed by atoms with Crippen LogP contribution in [0.3, 0.4) is 0 Å². The van der Waals surface area contributed by atoms with Gasteiger partial charge in [0.15, 0.2) is 10.7 Å². The highest BCUT2D eigenvalue weighted by Gasteiger charge is 2.11. The van der Waals surface area contributed by atoms with Crippen molar-refractivity contribution in [3.63, 3.8) is 0 Å². The van der Waals surface area contributed by atoms with Crippen molar-refractivity contribution in [2.45, 2.75) is 13.8 Å². The first-order valence-corrected chi connectivity index (χ1v) is 12.5. The van der Waals surface area contributed by atoms with Gasteiger partial charge in [-0.25, -0.2) is 4.98 Å². The van der Waals surface area contributed by atoms with E-state index in [0.717, 1.165) is 20.1 Å². The van der Waals surface area contributed by atoms with Gasteiger partial charge in [-0.2, -0.15) is 0 Å². The molecule has 0 fully saturated rings. The lowest BCUT2D eigenvalue weighted by Crippen LogP contribution is -2.32. The summed E-state index contributed by atoms with van der Waals surface area (Å²) in [5.41, 5.74) is 6.07. The summed E-state index contributed by atoms with van der Waals surface area (Å²) in [6.07, 6.45) is 3.05. The number of ether oxygens (including phenoxy) is 1. The van der Waals surface area contributed by atoms with E-state index >= 15 is 0 Å². The number of aryl methyl sites for hydroxylation is 2. The first-order valence-electron chi connectivity index (χ1n) is 10.5. The summed E-state index contributed by atoms with van der Waals surface area (Å²) < 4.78 is 12.9. The number of nitrogens with one attached hydrogen (secondary N) is 2. The molecular weight excluding hydrogens is 594 g/mol. The Bertz CT molecular complexity index is 1480. The second kappa shape index (κ2) is 10.7. The molecule has 9 heteroatoms. The van der Waals surface area contributed by atoms with Crippen molar-refractivity contribution in [3.8, 4) is 17.2 Å². The number of carbonyl (C=O) groups is 1. The van der Waals surface area contributed by atoms with Crippen molar-refractivity contribution in [1.29, 1.82) is 0 Å². The molecular formula is C26H21Br2N3O3S. The lowest BCUT2D eigenvalue weighted by atomic mass is 10.1. The number of hydrogen-bond donors (Lipinski definition) is 2. The summed E-state index contributed by atoms with van der Waals surface area (Å²) in [4.78, 5) is 17.0. The maximum Gasteiger partial charge on any atom is 0.250 e. The predicted octanol–water partition coefficient (Wildman–Crippen LogP) is 7.17. The van der Waals surface area contributed by atoms with Gasteiger partial charge in [0.05, 0.1) is 11.6 Å². The Hall–Kier alpha value is -3.01. The Morgan fingerprint density at radius 3 is 2.63 bits per heavy atom. The zero-order valence-corrected chi connectivity index (χ0v) is 23.1. The van der Waals surface area contributed by atoms with E-state index < -0.39 is 0 Å². The van der Waals surface area contributed by atoms with Crippen LogP contribution in [0.25, 0.3) is 28.6 Å². The summed E-state index contributed by atoms with van der Waals surface area (Å²) in [6.45, 7) is 4.12. The van der Waals surface area contributed by atoms with Crippen LogP contribution in [0.1, 0.15) is 16.7 Å². The molecule has 0 spiro atoms. The maximum absolute atomic E-state index is 12.4. The lowest BCUT2D eigenvalue weighted by Gasteiger charge is -2.09. The molecule has 178 valence electrons. The molecule has 0 bridgehead atoms. The van der Waals surface area contributed by atoms with Crippen LogP contribution in [-0.4, -0.2) is 23.1 Å². The molecule has 6 nitrogen and oxygen atoms in total. The van der Waals surface area contributed by atoms with Crippen molar-refractivity contribution < 1.29 is 13.9 Å². The molecule has 4 aromatic rings. The third kappa shape index (κ3) is 5.98. The maximum atomic E-state index is 12.4. The molecule has 3 aromatic carbocycles. The molecule has 4 rings (SSSR count). The van der Waals surface area contributed by atoms with E-state index in [1.165, 1.54) is 17.2 Å². The van der Waals surface area contributed by atoms with Gasteiger partial charge in [0.2, 0.25) is 11.8 Å². The molecule has 0 atom stereocenters. The smallest absolute Gasteiger partial charge is 0.250 e. The Labute approximate surface area is 225 Å². The van der Waals surface area contributed by atoms with Gasteiger partial charge in [-0.15, -0.1) is 0 Å². The quantitative estimate of drug-likeness (QED) is 0.183. The molecule has 1 heterocycles. The minimum atomic E-state index is -0.375. The second-order valence-corrected chi connectivity index (χ2v) is 9.97. The van der Waals surface area contributed by atoms with Crippen LogP contribution < -0.4 is 15.4 Å². The van der Waals surface area contributed by atoms with Crippen LogP contribution in [0.4, 0.5) is 5.69 Å². The average Bonchev–Trinajstić information content (AvgIpc) is 3.22. The van der Waals surface area contributed by atoms with Gasteiger partial charge in [-0.3, -0.25) is 10.1 Å². The van der Waals surface area contributed by atoms with E-state index in [1.807, 2.05) is 42.5 Å². The van der Waals surface area contributed by atoms with E-state index in [4.69, 9.17) is 21.4 Å². The zero-order valence-electron chi connectivity index (χ0n) is 19.1. The van der Waals surface area contributed by atoms with Crippen molar-refractivity contribution >= 4 is 78.0 Å². The highest BCUT2D eigenvalue weighted by atomic mass is 79.9. The molecule has 0 radical (unpaired) electrons. The summed E-state index contributed by atoms with van der Waals surface area (Å²) >= 11 is 12.2. The number of halogens is 2. The van der Waals surface area contributed by atoms with Gasteiger partial charge in [-0.05, 0) is 102 Å². The number of nitrogens with zero attached hydrogens (tertiary/aromatic N) is 1. The third-order valence-electron chi connectivity index (χ3n) is 5.29. The number of methoxy groups -OCH3 is 1. The Kier molecular flexibility index (Phi) is 7.69. The van der Waals surface area contributed by atoms with Crippen LogP contribution in [0.2, 0.25) is 0 Å². The van der Waals surface area contributed by atoms with Crippen LogP contribution in [-0.2, 0) is 4.79 Å². The molecule has 0 aliphatic rings. The van der Waals surface area contributed by atoms with Gasteiger partial charge in [-0.1, -0.05) is 22.0 Å². The topological polar surface area (TPSA) is 76.4 Å². The van der Waals surface area contributed by atoms with Gasteiger partial charge < -0.3 is 14.5 Å². The first kappa shape index (κ1) is 25.1. The Morgan fingerprint density at radius 2 is 1.89 bits per heavy atom. The number of carbonyl (C=O) groups excluding carboxylic acids is 1. The fourth-order valence-electron chi connectivity index (χ4n) is 3.40. The lowest BCUT2D eigenvalue weighted by molar-refractivity contribution is -0.115.